The Morgan fingerprint density at radius 3 is 2.79 bits per heavy atom. The highest BCUT2D eigenvalue weighted by Gasteiger charge is 2.18. The van der Waals surface area contributed by atoms with Crippen molar-refractivity contribution in [2.24, 2.45) is 0 Å². The van der Waals surface area contributed by atoms with E-state index in [1.165, 1.54) is 0 Å². The largest absolute Gasteiger partial charge is 0.373 e. The van der Waals surface area contributed by atoms with Crippen LogP contribution in [0.25, 0.3) is 0 Å². The van der Waals surface area contributed by atoms with Crippen LogP contribution in [-0.2, 0) is 6.54 Å². The van der Waals surface area contributed by atoms with Gasteiger partial charge in [0.15, 0.2) is 0 Å². The van der Waals surface area contributed by atoms with Gasteiger partial charge in [-0.3, -0.25) is 9.59 Å². The minimum Gasteiger partial charge on any atom is -0.373 e. The van der Waals surface area contributed by atoms with Crippen LogP contribution >= 0.6 is 0 Å². The molecule has 0 saturated carbocycles. The average Bonchev–Trinajstić information content (AvgIpc) is 3.20. The number of hydrogen-bond donors (Lipinski definition) is 2. The van der Waals surface area contributed by atoms with E-state index in [9.17, 15) is 9.59 Å². The first-order valence-electron chi connectivity index (χ1n) is 7.65. The van der Waals surface area contributed by atoms with Crippen molar-refractivity contribution >= 4 is 5.91 Å². The second kappa shape index (κ2) is 6.99. The third kappa shape index (κ3) is 3.62. The van der Waals surface area contributed by atoms with Gasteiger partial charge < -0.3 is 14.4 Å². The van der Waals surface area contributed by atoms with Crippen molar-refractivity contribution in [3.8, 4) is 0 Å². The van der Waals surface area contributed by atoms with Crippen LogP contribution in [0.3, 0.4) is 0 Å². The third-order valence-corrected chi connectivity index (χ3v) is 3.84. The lowest BCUT2D eigenvalue weighted by molar-refractivity contribution is 0.0896. The molecule has 3 rings (SSSR count). The Morgan fingerprint density at radius 2 is 2.17 bits per heavy atom. The first-order valence-corrected chi connectivity index (χ1v) is 7.65. The second-order valence-electron chi connectivity index (χ2n) is 5.47. The summed E-state index contributed by atoms with van der Waals surface area (Å²) in [5.41, 5.74) is 0.548. The molecular weight excluding hydrogens is 308 g/mol. The topological polar surface area (TPSA) is 92.9 Å². The van der Waals surface area contributed by atoms with E-state index in [-0.39, 0.29) is 11.8 Å². The van der Waals surface area contributed by atoms with E-state index >= 15 is 0 Å². The molecule has 7 nitrogen and oxygen atoms in total. The van der Waals surface area contributed by atoms with Crippen molar-refractivity contribution in [1.29, 1.82) is 0 Å². The Bertz CT molecular complexity index is 863. The number of imidazole rings is 1. The Morgan fingerprint density at radius 1 is 1.38 bits per heavy atom. The maximum atomic E-state index is 12.3. The molecule has 3 aromatic rings. The molecule has 1 unspecified atom stereocenters. The Hall–Kier alpha value is -3.09. The number of aromatic amines is 1. The van der Waals surface area contributed by atoms with Crippen molar-refractivity contribution in [2.45, 2.75) is 25.9 Å². The molecule has 1 amide bonds. The Labute approximate surface area is 138 Å². The number of nitrogens with zero attached hydrogens (tertiary/aromatic N) is 2. The van der Waals surface area contributed by atoms with Crippen molar-refractivity contribution in [3.05, 3.63) is 76.3 Å². The van der Waals surface area contributed by atoms with Gasteiger partial charge in [0, 0.05) is 18.9 Å². The molecule has 2 heterocycles. The van der Waals surface area contributed by atoms with Crippen molar-refractivity contribution < 1.29 is 9.32 Å². The monoisotopic (exact) mass is 326 g/mol. The lowest BCUT2D eigenvalue weighted by Crippen LogP contribution is -2.29. The van der Waals surface area contributed by atoms with Gasteiger partial charge in [0.1, 0.15) is 5.82 Å². The smallest absolute Gasteiger partial charge is 0.290 e. The predicted octanol–water partition coefficient (Wildman–Crippen LogP) is 2.03. The number of amides is 1. The van der Waals surface area contributed by atoms with E-state index in [0.717, 1.165) is 17.5 Å². The van der Waals surface area contributed by atoms with Gasteiger partial charge >= 0.3 is 0 Å². The number of nitrogens with one attached hydrogen (secondary N) is 2. The zero-order valence-electron chi connectivity index (χ0n) is 13.2. The molecule has 0 saturated heterocycles. The summed E-state index contributed by atoms with van der Waals surface area (Å²) in [6.45, 7) is 2.65. The summed E-state index contributed by atoms with van der Waals surface area (Å²) >= 11 is 0. The lowest BCUT2D eigenvalue weighted by atomic mass is 10.0. The lowest BCUT2D eigenvalue weighted by Gasteiger charge is -2.19. The van der Waals surface area contributed by atoms with Crippen LogP contribution in [-0.4, -0.2) is 20.6 Å². The number of benzene rings is 1. The molecule has 124 valence electrons. The van der Waals surface area contributed by atoms with Crippen LogP contribution in [0.2, 0.25) is 0 Å². The molecule has 1 aromatic carbocycles. The highest BCUT2D eigenvalue weighted by Crippen LogP contribution is 2.18. The van der Waals surface area contributed by atoms with Gasteiger partial charge in [-0.05, 0) is 18.9 Å². The number of aromatic nitrogens is 3. The molecule has 0 bridgehead atoms. The molecule has 0 radical (unpaired) electrons. The van der Waals surface area contributed by atoms with Crippen LogP contribution in [0.1, 0.15) is 34.4 Å². The van der Waals surface area contributed by atoms with Crippen LogP contribution in [0.4, 0.5) is 0 Å². The normalized spacial score (nSPS) is 12.0. The SMILES string of the molecule is Cc1nccn1CCC(NC(=O)c1cc(=O)[nH]o1)c1ccccc1. The van der Waals surface area contributed by atoms with E-state index in [1.807, 2.05) is 48.0 Å². The summed E-state index contributed by atoms with van der Waals surface area (Å²) in [7, 11) is 0. The van der Waals surface area contributed by atoms with E-state index in [2.05, 4.69) is 15.5 Å². The maximum Gasteiger partial charge on any atom is 0.290 e. The summed E-state index contributed by atoms with van der Waals surface area (Å²) in [5.74, 6) is 0.467. The zero-order chi connectivity index (χ0) is 16.9. The quantitative estimate of drug-likeness (QED) is 0.725. The predicted molar refractivity (Wildman–Crippen MR) is 87.6 cm³/mol. The van der Waals surface area contributed by atoms with Crippen molar-refractivity contribution in [3.63, 3.8) is 0 Å². The minimum atomic E-state index is -0.439. The van der Waals surface area contributed by atoms with Crippen LogP contribution in [0, 0.1) is 6.92 Å². The highest BCUT2D eigenvalue weighted by molar-refractivity contribution is 5.91. The minimum absolute atomic E-state index is 0.0280. The van der Waals surface area contributed by atoms with Gasteiger partial charge in [0.05, 0.1) is 12.1 Å². The van der Waals surface area contributed by atoms with E-state index < -0.39 is 11.5 Å². The highest BCUT2D eigenvalue weighted by atomic mass is 16.5. The van der Waals surface area contributed by atoms with Gasteiger partial charge in [0.2, 0.25) is 5.76 Å². The second-order valence-corrected chi connectivity index (χ2v) is 5.47. The summed E-state index contributed by atoms with van der Waals surface area (Å²) in [6.07, 6.45) is 4.34. The molecule has 2 N–H and O–H groups in total. The van der Waals surface area contributed by atoms with E-state index in [0.29, 0.717) is 13.0 Å². The first-order chi connectivity index (χ1) is 11.6. The molecule has 0 aliphatic heterocycles. The van der Waals surface area contributed by atoms with Gasteiger partial charge in [-0.2, -0.15) is 5.16 Å². The Kier molecular flexibility index (Phi) is 4.60. The van der Waals surface area contributed by atoms with E-state index in [1.54, 1.807) is 6.20 Å². The fraction of sp³-hybridized carbons (Fsp3) is 0.235. The number of carbonyl (C=O) groups is 1. The third-order valence-electron chi connectivity index (χ3n) is 3.84. The number of rotatable bonds is 6. The standard InChI is InChI=1S/C17H18N4O3/c1-12-18-8-10-21(12)9-7-14(13-5-3-2-4-6-13)19-17(23)15-11-16(22)20-24-15/h2-6,8,10-11,14H,7,9H2,1H3,(H,19,23)(H,20,22). The van der Waals surface area contributed by atoms with Crippen LogP contribution in [0.5, 0.6) is 0 Å². The summed E-state index contributed by atoms with van der Waals surface area (Å²) in [5, 5.41) is 5.04. The number of H-pyrrole nitrogens is 1. The van der Waals surface area contributed by atoms with E-state index in [4.69, 9.17) is 4.52 Å². The van der Waals surface area contributed by atoms with Crippen LogP contribution in [0.15, 0.2) is 58.1 Å². The number of aryl methyl sites for hydroxylation is 2. The fourth-order valence-electron chi connectivity index (χ4n) is 2.54. The molecule has 24 heavy (non-hydrogen) atoms. The molecule has 1 atom stereocenters. The molecule has 2 aromatic heterocycles. The van der Waals surface area contributed by atoms with Gasteiger partial charge in [0.25, 0.3) is 11.5 Å². The molecule has 7 heteroatoms. The zero-order valence-corrected chi connectivity index (χ0v) is 13.2. The van der Waals surface area contributed by atoms with Gasteiger partial charge in [-0.15, -0.1) is 0 Å². The molecular formula is C17H18N4O3. The molecule has 0 aliphatic carbocycles. The number of carbonyl (C=O) groups excluding carboxylic acids is 1. The van der Waals surface area contributed by atoms with Gasteiger partial charge in [-0.25, -0.2) is 4.98 Å². The van der Waals surface area contributed by atoms with Gasteiger partial charge in [-0.1, -0.05) is 30.3 Å². The summed E-state index contributed by atoms with van der Waals surface area (Å²) < 4.78 is 6.89. The first kappa shape index (κ1) is 15.8. The molecule has 0 fully saturated rings. The van der Waals surface area contributed by atoms with Crippen LogP contribution < -0.4 is 10.9 Å². The Balaban J connectivity index is 1.76. The van der Waals surface area contributed by atoms with Crippen molar-refractivity contribution in [1.82, 2.24) is 20.0 Å². The fourth-order valence-corrected chi connectivity index (χ4v) is 2.54. The summed E-state index contributed by atoms with van der Waals surface area (Å²) in [4.78, 5) is 27.6. The van der Waals surface area contributed by atoms with Crippen molar-refractivity contribution in [2.75, 3.05) is 0 Å². The molecule has 0 spiro atoms. The maximum absolute atomic E-state index is 12.3. The molecule has 0 aliphatic rings. The average molecular weight is 326 g/mol. The summed E-state index contributed by atoms with van der Waals surface area (Å²) in [6, 6.07) is 10.6. The number of hydrogen-bond acceptors (Lipinski definition) is 4.